The van der Waals surface area contributed by atoms with Crippen molar-refractivity contribution in [1.82, 2.24) is 29.9 Å². The zero-order valence-corrected chi connectivity index (χ0v) is 30.9. The molecule has 0 saturated carbocycles. The monoisotopic (exact) mass is 742 g/mol. The topological polar surface area (TPSA) is 125 Å². The molecule has 8 nitrogen and oxygen atoms in total. The number of hydrogen-bond donors (Lipinski definition) is 0. The Morgan fingerprint density at radius 3 is 0.828 bits per heavy atom. The maximum atomic E-state index is 10.4. The Morgan fingerprint density at radius 2 is 0.534 bits per heavy atom. The Kier molecular flexibility index (Phi) is 9.55. The van der Waals surface area contributed by atoms with E-state index < -0.39 is 0 Å². The Balaban J connectivity index is 1.18. The molecular formula is C50H30N8. The molecule has 0 radical (unpaired) electrons. The fraction of sp³-hybridized carbons (Fsp3) is 0. The predicted molar refractivity (Wildman–Crippen MR) is 226 cm³/mol. The van der Waals surface area contributed by atoms with Gasteiger partial charge in [0.2, 0.25) is 0 Å². The van der Waals surface area contributed by atoms with E-state index in [1.807, 2.05) is 170 Å². The van der Waals surface area contributed by atoms with Crippen LogP contribution >= 0.6 is 0 Å². The SMILES string of the molecule is N#Cc1ccc(-c2ccccc2-c2ccc(C#N)c(-c3nc(-c4ccccc4)nc(-c4ccccc4)n3)c2)cc1-c1nc(-c2ccccc2)nc(-c2ccccc2)n1. The number of rotatable bonds is 8. The zero-order chi connectivity index (χ0) is 39.3. The van der Waals surface area contributed by atoms with Gasteiger partial charge in [-0.15, -0.1) is 0 Å². The molecule has 0 bridgehead atoms. The third-order valence-electron chi connectivity index (χ3n) is 9.71. The second kappa shape index (κ2) is 15.7. The summed E-state index contributed by atoms with van der Waals surface area (Å²) in [6.45, 7) is 0. The number of aromatic nitrogens is 6. The van der Waals surface area contributed by atoms with Crippen molar-refractivity contribution in [3.63, 3.8) is 0 Å². The molecule has 58 heavy (non-hydrogen) atoms. The molecule has 9 aromatic rings. The smallest absolute Gasteiger partial charge is 0.165 e. The highest BCUT2D eigenvalue weighted by atomic mass is 15.0. The van der Waals surface area contributed by atoms with Crippen LogP contribution in [0.2, 0.25) is 0 Å². The van der Waals surface area contributed by atoms with Gasteiger partial charge in [0.05, 0.1) is 23.3 Å². The lowest BCUT2D eigenvalue weighted by atomic mass is 9.91. The van der Waals surface area contributed by atoms with Crippen molar-refractivity contribution in [3.8, 4) is 103 Å². The highest BCUT2D eigenvalue weighted by Crippen LogP contribution is 2.38. The minimum Gasteiger partial charge on any atom is -0.208 e. The van der Waals surface area contributed by atoms with E-state index in [0.717, 1.165) is 44.5 Å². The fourth-order valence-corrected chi connectivity index (χ4v) is 6.83. The summed E-state index contributed by atoms with van der Waals surface area (Å²) in [4.78, 5) is 29.4. The molecular weight excluding hydrogens is 713 g/mol. The van der Waals surface area contributed by atoms with E-state index in [1.165, 1.54) is 0 Å². The summed E-state index contributed by atoms with van der Waals surface area (Å²) in [5, 5.41) is 20.7. The van der Waals surface area contributed by atoms with E-state index in [2.05, 4.69) is 12.1 Å². The van der Waals surface area contributed by atoms with E-state index in [4.69, 9.17) is 29.9 Å². The Morgan fingerprint density at radius 1 is 0.259 bits per heavy atom. The quantitative estimate of drug-likeness (QED) is 0.151. The van der Waals surface area contributed by atoms with Crippen molar-refractivity contribution in [3.05, 3.63) is 193 Å². The standard InChI is InChI=1S/C50H30N8/c51-31-39-27-25-37(29-43(39)49-55-45(33-15-5-1-6-16-33)53-46(56-49)34-17-7-2-8-18-34)41-23-13-14-24-42(41)38-26-28-40(32-52)44(30-38)50-57-47(35-19-9-3-10-20-35)54-48(58-50)36-21-11-4-12-22-36/h1-30H. The normalized spacial score (nSPS) is 10.7. The molecule has 0 atom stereocenters. The Bertz CT molecular complexity index is 2690. The first-order chi connectivity index (χ1) is 28.6. The number of nitrogens with zero attached hydrogens (tertiary/aromatic N) is 8. The minimum atomic E-state index is 0.391. The van der Waals surface area contributed by atoms with Crippen LogP contribution in [0.25, 0.3) is 90.6 Å². The van der Waals surface area contributed by atoms with Crippen LogP contribution in [0.4, 0.5) is 0 Å². The third kappa shape index (κ3) is 7.09. The maximum Gasteiger partial charge on any atom is 0.165 e. The van der Waals surface area contributed by atoms with Gasteiger partial charge in [0, 0.05) is 33.4 Å². The van der Waals surface area contributed by atoms with Crippen molar-refractivity contribution in [1.29, 1.82) is 10.5 Å². The third-order valence-corrected chi connectivity index (χ3v) is 9.71. The first-order valence-corrected chi connectivity index (χ1v) is 18.6. The van der Waals surface area contributed by atoms with Crippen molar-refractivity contribution in [2.24, 2.45) is 0 Å². The molecule has 8 heteroatoms. The Hall–Kier alpha value is -8.46. The van der Waals surface area contributed by atoms with Gasteiger partial charge in [-0.05, 0) is 46.5 Å². The number of benzene rings is 7. The highest BCUT2D eigenvalue weighted by Gasteiger charge is 2.19. The summed E-state index contributed by atoms with van der Waals surface area (Å²) in [6.07, 6.45) is 0. The lowest BCUT2D eigenvalue weighted by Gasteiger charge is -2.15. The fourth-order valence-electron chi connectivity index (χ4n) is 6.83. The van der Waals surface area contributed by atoms with Crippen LogP contribution < -0.4 is 0 Å². The molecule has 0 unspecified atom stereocenters. The van der Waals surface area contributed by atoms with Crippen LogP contribution in [0.1, 0.15) is 11.1 Å². The molecule has 0 aliphatic carbocycles. The molecule has 0 N–H and O–H groups in total. The van der Waals surface area contributed by atoms with E-state index >= 15 is 0 Å². The largest absolute Gasteiger partial charge is 0.208 e. The van der Waals surface area contributed by atoms with E-state index in [0.29, 0.717) is 57.2 Å². The predicted octanol–water partition coefficient (Wildman–Crippen LogP) is 11.1. The first-order valence-electron chi connectivity index (χ1n) is 18.6. The maximum absolute atomic E-state index is 10.4. The van der Waals surface area contributed by atoms with Gasteiger partial charge in [-0.25, -0.2) is 29.9 Å². The molecule has 0 amide bonds. The molecule has 0 aliphatic rings. The summed E-state index contributed by atoms with van der Waals surface area (Å²) in [6, 6.07) is 63.2. The van der Waals surface area contributed by atoms with Gasteiger partial charge in [0.25, 0.3) is 0 Å². The lowest BCUT2D eigenvalue weighted by Crippen LogP contribution is -2.02. The van der Waals surface area contributed by atoms with Crippen molar-refractivity contribution in [2.75, 3.05) is 0 Å². The minimum absolute atomic E-state index is 0.391. The average molecular weight is 743 g/mol. The molecule has 9 rings (SSSR count). The van der Waals surface area contributed by atoms with E-state index in [1.54, 1.807) is 12.1 Å². The van der Waals surface area contributed by atoms with E-state index in [-0.39, 0.29) is 0 Å². The second-order valence-corrected chi connectivity index (χ2v) is 13.4. The average Bonchev–Trinajstić information content (AvgIpc) is 3.32. The molecule has 0 aliphatic heterocycles. The summed E-state index contributed by atoms with van der Waals surface area (Å²) >= 11 is 0. The van der Waals surface area contributed by atoms with Gasteiger partial charge in [0.15, 0.2) is 34.9 Å². The number of nitriles is 2. The molecule has 0 spiro atoms. The summed E-state index contributed by atoms with van der Waals surface area (Å²) < 4.78 is 0. The van der Waals surface area contributed by atoms with Crippen LogP contribution in [0.15, 0.2) is 182 Å². The zero-order valence-electron chi connectivity index (χ0n) is 30.9. The lowest BCUT2D eigenvalue weighted by molar-refractivity contribution is 1.07. The van der Waals surface area contributed by atoms with Gasteiger partial charge in [-0.3, -0.25) is 0 Å². The van der Waals surface area contributed by atoms with Gasteiger partial charge in [-0.2, -0.15) is 10.5 Å². The van der Waals surface area contributed by atoms with Gasteiger partial charge >= 0.3 is 0 Å². The van der Waals surface area contributed by atoms with Crippen molar-refractivity contribution in [2.45, 2.75) is 0 Å². The van der Waals surface area contributed by atoms with Crippen LogP contribution in [-0.2, 0) is 0 Å². The summed E-state index contributed by atoms with van der Waals surface area (Å²) in [5.74, 6) is 2.81. The van der Waals surface area contributed by atoms with Crippen molar-refractivity contribution >= 4 is 0 Å². The first kappa shape index (κ1) is 35.3. The van der Waals surface area contributed by atoms with E-state index in [9.17, 15) is 10.5 Å². The molecule has 0 fully saturated rings. The van der Waals surface area contributed by atoms with Crippen LogP contribution in [-0.4, -0.2) is 29.9 Å². The number of hydrogen-bond acceptors (Lipinski definition) is 8. The molecule has 0 saturated heterocycles. The highest BCUT2D eigenvalue weighted by molar-refractivity contribution is 5.88. The molecule has 2 heterocycles. The van der Waals surface area contributed by atoms with Gasteiger partial charge in [-0.1, -0.05) is 158 Å². The van der Waals surface area contributed by atoms with Crippen LogP contribution in [0.5, 0.6) is 0 Å². The molecule has 270 valence electrons. The molecule has 7 aromatic carbocycles. The van der Waals surface area contributed by atoms with Gasteiger partial charge < -0.3 is 0 Å². The van der Waals surface area contributed by atoms with Crippen LogP contribution in [0, 0.1) is 22.7 Å². The Labute approximate surface area is 335 Å². The molecule has 2 aromatic heterocycles. The van der Waals surface area contributed by atoms with Gasteiger partial charge in [0.1, 0.15) is 0 Å². The van der Waals surface area contributed by atoms with Crippen LogP contribution in [0.3, 0.4) is 0 Å². The second-order valence-electron chi connectivity index (χ2n) is 13.4. The summed E-state index contributed by atoms with van der Waals surface area (Å²) in [7, 11) is 0. The summed E-state index contributed by atoms with van der Waals surface area (Å²) in [5.41, 5.74) is 8.93. The van der Waals surface area contributed by atoms with Crippen molar-refractivity contribution < 1.29 is 0 Å².